The number of hydrogen-bond acceptors (Lipinski definition) is 5. The highest BCUT2D eigenvalue weighted by molar-refractivity contribution is 7.99. The molecule has 0 saturated carbocycles. The predicted molar refractivity (Wildman–Crippen MR) is 76.0 cm³/mol. The van der Waals surface area contributed by atoms with Gasteiger partial charge in [0, 0.05) is 11.9 Å². The maximum absolute atomic E-state index is 13.6. The zero-order chi connectivity index (χ0) is 15.7. The number of benzene rings is 1. The zero-order valence-corrected chi connectivity index (χ0v) is 12.5. The van der Waals surface area contributed by atoms with Crippen molar-refractivity contribution in [2.75, 3.05) is 0 Å². The Bertz CT molecular complexity index is 798. The van der Waals surface area contributed by atoms with E-state index in [1.165, 1.54) is 24.7 Å². The second-order valence-corrected chi connectivity index (χ2v) is 5.63. The number of aromatic nitrogens is 3. The molecule has 6 nitrogen and oxygen atoms in total. The van der Waals surface area contributed by atoms with Crippen LogP contribution in [-0.4, -0.2) is 19.9 Å². The summed E-state index contributed by atoms with van der Waals surface area (Å²) in [7, 11) is 1.54. The van der Waals surface area contributed by atoms with E-state index in [-0.39, 0.29) is 5.16 Å². The molecule has 21 heavy (non-hydrogen) atoms. The van der Waals surface area contributed by atoms with Crippen LogP contribution >= 0.6 is 11.8 Å². The Morgan fingerprint density at radius 1 is 1.43 bits per heavy atom. The molecule has 0 saturated heterocycles. The van der Waals surface area contributed by atoms with E-state index in [1.807, 2.05) is 0 Å². The van der Waals surface area contributed by atoms with E-state index in [9.17, 15) is 19.1 Å². The van der Waals surface area contributed by atoms with Crippen LogP contribution in [0, 0.1) is 12.7 Å². The van der Waals surface area contributed by atoms with Gasteiger partial charge in [-0.15, -0.1) is 0 Å². The molecule has 0 radical (unpaired) electrons. The van der Waals surface area contributed by atoms with Crippen LogP contribution in [0.25, 0.3) is 0 Å². The minimum Gasteiger partial charge on any atom is -0.389 e. The number of aromatic amines is 1. The second-order valence-electron chi connectivity index (χ2n) is 4.62. The minimum atomic E-state index is -0.895. The Balaban J connectivity index is 2.54. The van der Waals surface area contributed by atoms with Crippen molar-refractivity contribution in [3.63, 3.8) is 0 Å². The van der Waals surface area contributed by atoms with Crippen molar-refractivity contribution >= 4 is 11.8 Å². The van der Waals surface area contributed by atoms with Crippen molar-refractivity contribution in [1.29, 1.82) is 0 Å². The number of nitrogens with one attached hydrogen (secondary N) is 1. The summed E-state index contributed by atoms with van der Waals surface area (Å²) < 4.78 is 14.9. The Hall–Kier alpha value is -1.93. The lowest BCUT2D eigenvalue weighted by Gasteiger charge is -2.14. The summed E-state index contributed by atoms with van der Waals surface area (Å²) in [4.78, 5) is 26.7. The van der Waals surface area contributed by atoms with Gasteiger partial charge in [-0.25, -0.2) is 4.39 Å². The van der Waals surface area contributed by atoms with Crippen molar-refractivity contribution in [1.82, 2.24) is 14.8 Å². The van der Waals surface area contributed by atoms with E-state index < -0.39 is 23.0 Å². The maximum atomic E-state index is 13.6. The van der Waals surface area contributed by atoms with E-state index in [4.69, 9.17) is 0 Å². The van der Waals surface area contributed by atoms with E-state index in [2.05, 4.69) is 10.1 Å². The molecular weight excluding hydrogens is 297 g/mol. The molecule has 1 unspecified atom stereocenters. The fourth-order valence-corrected chi connectivity index (χ4v) is 2.83. The first-order valence-electron chi connectivity index (χ1n) is 6.13. The molecule has 1 aromatic carbocycles. The summed E-state index contributed by atoms with van der Waals surface area (Å²) in [6, 6.07) is 2.82. The molecule has 0 aliphatic carbocycles. The molecule has 1 atom stereocenters. The van der Waals surface area contributed by atoms with E-state index >= 15 is 0 Å². The summed E-state index contributed by atoms with van der Waals surface area (Å²) in [5, 5.41) is 12.3. The van der Waals surface area contributed by atoms with E-state index in [0.717, 1.165) is 11.8 Å². The highest BCUT2D eigenvalue weighted by Gasteiger charge is 2.15. The number of nitrogens with zero attached hydrogens (tertiary/aromatic N) is 2. The second kappa shape index (κ2) is 5.82. The molecular formula is C13H14FN3O3S. The average molecular weight is 311 g/mol. The van der Waals surface area contributed by atoms with Crippen LogP contribution in [0.3, 0.4) is 0 Å². The molecule has 8 heteroatoms. The first kappa shape index (κ1) is 15.5. The molecule has 2 rings (SSSR count). The molecule has 0 bridgehead atoms. The van der Waals surface area contributed by atoms with Crippen molar-refractivity contribution in [2.45, 2.75) is 30.0 Å². The number of H-pyrrole nitrogens is 1. The standard InChI is InChI=1S/C13H14FN3O3S/c1-6-4-10(8(7(2)18)5-9(6)14)21-13-15-11(19)12(20)16-17(13)3/h4-5,7,18H,1-3H3,(H,16,20). The van der Waals surface area contributed by atoms with Crippen LogP contribution in [0.4, 0.5) is 4.39 Å². The first-order chi connectivity index (χ1) is 9.79. The normalized spacial score (nSPS) is 12.4. The van der Waals surface area contributed by atoms with Gasteiger partial charge in [0.05, 0.1) is 6.10 Å². The predicted octanol–water partition coefficient (Wildman–Crippen LogP) is 1.12. The molecule has 0 aliphatic heterocycles. The fraction of sp³-hybridized carbons (Fsp3) is 0.308. The smallest absolute Gasteiger partial charge is 0.339 e. The Labute approximate surface area is 123 Å². The number of aliphatic hydroxyl groups is 1. The number of aliphatic hydroxyl groups excluding tert-OH is 1. The van der Waals surface area contributed by atoms with Crippen molar-refractivity contribution in [2.24, 2.45) is 7.05 Å². The SMILES string of the molecule is Cc1cc(Sc2nc(=O)c(=O)[nH]n2C)c(C(C)O)cc1F. The summed E-state index contributed by atoms with van der Waals surface area (Å²) in [5.74, 6) is -0.418. The summed E-state index contributed by atoms with van der Waals surface area (Å²) in [5.41, 5.74) is -0.902. The van der Waals surface area contributed by atoms with Crippen molar-refractivity contribution < 1.29 is 9.50 Å². The van der Waals surface area contributed by atoms with E-state index in [1.54, 1.807) is 13.0 Å². The molecule has 2 N–H and O–H groups in total. The Morgan fingerprint density at radius 2 is 2.10 bits per heavy atom. The lowest BCUT2D eigenvalue weighted by molar-refractivity contribution is 0.196. The Kier molecular flexibility index (Phi) is 4.29. The highest BCUT2D eigenvalue weighted by atomic mass is 32.2. The minimum absolute atomic E-state index is 0.243. The zero-order valence-electron chi connectivity index (χ0n) is 11.7. The average Bonchev–Trinajstić information content (AvgIpc) is 2.39. The number of halogens is 1. The lowest BCUT2D eigenvalue weighted by Crippen LogP contribution is -2.33. The van der Waals surface area contributed by atoms with Gasteiger partial charge in [0.25, 0.3) is 0 Å². The van der Waals surface area contributed by atoms with Gasteiger partial charge in [0.15, 0.2) is 5.16 Å². The molecule has 0 amide bonds. The Morgan fingerprint density at radius 3 is 2.71 bits per heavy atom. The topological polar surface area (TPSA) is 88.0 Å². The number of aryl methyl sites for hydroxylation is 2. The van der Waals surface area contributed by atoms with Crippen molar-refractivity contribution in [3.05, 3.63) is 49.8 Å². The van der Waals surface area contributed by atoms with Gasteiger partial charge < -0.3 is 5.11 Å². The lowest BCUT2D eigenvalue weighted by atomic mass is 10.1. The molecule has 2 aromatic rings. The third-order valence-electron chi connectivity index (χ3n) is 2.89. The van der Waals surface area contributed by atoms with Crippen LogP contribution in [0.2, 0.25) is 0 Å². The largest absolute Gasteiger partial charge is 0.389 e. The summed E-state index contributed by atoms with van der Waals surface area (Å²) in [6.07, 6.45) is -0.873. The fourth-order valence-electron chi connectivity index (χ4n) is 1.74. The van der Waals surface area contributed by atoms with Gasteiger partial charge in [-0.1, -0.05) is 0 Å². The third kappa shape index (κ3) is 3.22. The molecule has 0 aliphatic rings. The van der Waals surface area contributed by atoms with Gasteiger partial charge in [0.1, 0.15) is 5.82 Å². The quantitative estimate of drug-likeness (QED) is 0.829. The van der Waals surface area contributed by atoms with Crippen LogP contribution in [-0.2, 0) is 7.05 Å². The summed E-state index contributed by atoms with van der Waals surface area (Å²) in [6.45, 7) is 3.12. The molecule has 112 valence electrons. The van der Waals surface area contributed by atoms with Crippen LogP contribution in [0.15, 0.2) is 31.8 Å². The number of hydrogen-bond donors (Lipinski definition) is 2. The van der Waals surface area contributed by atoms with Crippen LogP contribution in [0.5, 0.6) is 0 Å². The first-order valence-corrected chi connectivity index (χ1v) is 6.94. The molecule has 0 fully saturated rings. The molecule has 0 spiro atoms. The van der Waals surface area contributed by atoms with Gasteiger partial charge in [0.2, 0.25) is 0 Å². The van der Waals surface area contributed by atoms with Gasteiger partial charge in [-0.3, -0.25) is 19.4 Å². The van der Waals surface area contributed by atoms with Crippen LogP contribution in [0.1, 0.15) is 24.2 Å². The number of rotatable bonds is 3. The summed E-state index contributed by atoms with van der Waals surface area (Å²) >= 11 is 1.07. The van der Waals surface area contributed by atoms with Gasteiger partial charge in [-0.05, 0) is 48.9 Å². The van der Waals surface area contributed by atoms with Gasteiger partial charge >= 0.3 is 11.1 Å². The maximum Gasteiger partial charge on any atom is 0.339 e. The monoisotopic (exact) mass is 311 g/mol. The molecule has 1 heterocycles. The van der Waals surface area contributed by atoms with Crippen LogP contribution < -0.4 is 11.1 Å². The van der Waals surface area contributed by atoms with E-state index in [0.29, 0.717) is 16.0 Å². The van der Waals surface area contributed by atoms with Crippen molar-refractivity contribution in [3.8, 4) is 0 Å². The third-order valence-corrected chi connectivity index (χ3v) is 4.01. The van der Waals surface area contributed by atoms with Gasteiger partial charge in [-0.2, -0.15) is 4.98 Å². The molecule has 1 aromatic heterocycles. The highest BCUT2D eigenvalue weighted by Crippen LogP contribution is 2.33.